The number of carbonyl (C=O) groups excluding carboxylic acids is 2. The van der Waals surface area contributed by atoms with E-state index in [1.165, 1.54) is 95.6 Å². The third-order valence-electron chi connectivity index (χ3n) is 9.47. The van der Waals surface area contributed by atoms with E-state index >= 15 is 0 Å². The number of rotatable bonds is 29. The van der Waals surface area contributed by atoms with E-state index in [9.17, 15) is 9.59 Å². The summed E-state index contributed by atoms with van der Waals surface area (Å²) in [4.78, 5) is 33.7. The number of anilines is 1. The number of hydrogen-bond donors (Lipinski definition) is 0. The van der Waals surface area contributed by atoms with Crippen LogP contribution < -0.4 is 4.90 Å². The minimum absolute atomic E-state index is 0.0825. The van der Waals surface area contributed by atoms with Crippen molar-refractivity contribution < 1.29 is 19.1 Å². The maximum atomic E-state index is 12.4. The number of nitrogens with zero attached hydrogens (tertiary/aromatic N) is 3. The van der Waals surface area contributed by atoms with Crippen LogP contribution in [0.5, 0.6) is 0 Å². The van der Waals surface area contributed by atoms with Gasteiger partial charge in [-0.3, -0.25) is 19.5 Å². The van der Waals surface area contributed by atoms with Crippen molar-refractivity contribution in [2.45, 2.75) is 155 Å². The number of aromatic nitrogens is 1. The van der Waals surface area contributed by atoms with E-state index in [1.54, 1.807) is 0 Å². The molecule has 0 radical (unpaired) electrons. The number of pyridine rings is 1. The van der Waals surface area contributed by atoms with Crippen molar-refractivity contribution in [3.63, 3.8) is 0 Å². The van der Waals surface area contributed by atoms with E-state index in [4.69, 9.17) is 9.47 Å². The van der Waals surface area contributed by atoms with Crippen molar-refractivity contribution in [2.24, 2.45) is 5.92 Å². The summed E-state index contributed by atoms with van der Waals surface area (Å²) in [5.74, 6) is 0.412. The highest BCUT2D eigenvalue weighted by Gasteiger charge is 2.22. The van der Waals surface area contributed by atoms with Crippen LogP contribution in [0.1, 0.15) is 155 Å². The van der Waals surface area contributed by atoms with Crippen LogP contribution in [0.15, 0.2) is 24.5 Å². The number of unbranched alkanes of at least 4 members (excludes halogenated alkanes) is 16. The molecule has 1 saturated heterocycles. The summed E-state index contributed by atoms with van der Waals surface area (Å²) in [5, 5.41) is 0. The van der Waals surface area contributed by atoms with Crippen molar-refractivity contribution in [1.82, 2.24) is 9.88 Å². The first-order chi connectivity index (χ1) is 22.6. The minimum Gasteiger partial charge on any atom is -0.464 e. The fourth-order valence-corrected chi connectivity index (χ4v) is 6.47. The Balaban J connectivity index is 1.65. The Morgan fingerprint density at radius 3 is 1.52 bits per heavy atom. The molecule has 7 heteroatoms. The SMILES string of the molecule is CCCCCCCCCCCC(=O)OCCN(CCOC(=O)CCCCCCCCCCC)CC1CCN(c2ccncc2)CC1. The molecule has 2 rings (SSSR count). The molecule has 0 atom stereocenters. The quantitative estimate of drug-likeness (QED) is 0.0636. The molecule has 1 aliphatic heterocycles. The van der Waals surface area contributed by atoms with Crippen LogP contribution >= 0.6 is 0 Å². The van der Waals surface area contributed by atoms with Gasteiger partial charge in [-0.2, -0.15) is 0 Å². The molecule has 0 aliphatic carbocycles. The molecule has 1 fully saturated rings. The fraction of sp³-hybridized carbons (Fsp3) is 0.821. The van der Waals surface area contributed by atoms with E-state index < -0.39 is 0 Å². The molecule has 46 heavy (non-hydrogen) atoms. The molecule has 0 unspecified atom stereocenters. The fourth-order valence-electron chi connectivity index (χ4n) is 6.47. The van der Waals surface area contributed by atoms with Crippen LogP contribution in [0.25, 0.3) is 0 Å². The van der Waals surface area contributed by atoms with E-state index in [2.05, 4.69) is 40.8 Å². The molecule has 1 aromatic rings. The smallest absolute Gasteiger partial charge is 0.305 e. The zero-order valence-electron chi connectivity index (χ0n) is 29.9. The zero-order chi connectivity index (χ0) is 32.9. The number of esters is 2. The molecule has 0 amide bonds. The molecule has 0 aromatic carbocycles. The summed E-state index contributed by atoms with van der Waals surface area (Å²) >= 11 is 0. The van der Waals surface area contributed by atoms with Crippen LogP contribution in [0.3, 0.4) is 0 Å². The lowest BCUT2D eigenvalue weighted by atomic mass is 9.96. The molecule has 1 aliphatic rings. The van der Waals surface area contributed by atoms with Crippen molar-refractivity contribution in [2.75, 3.05) is 50.8 Å². The molecular weight excluding hydrogens is 574 g/mol. The van der Waals surface area contributed by atoms with Crippen LogP contribution in [0.4, 0.5) is 5.69 Å². The molecule has 264 valence electrons. The van der Waals surface area contributed by atoms with E-state index in [1.807, 2.05) is 12.4 Å². The molecular formula is C39H69N3O4. The number of hydrogen-bond acceptors (Lipinski definition) is 7. The van der Waals surface area contributed by atoms with Crippen molar-refractivity contribution in [3.05, 3.63) is 24.5 Å². The molecule has 0 spiro atoms. The molecule has 0 bridgehead atoms. The van der Waals surface area contributed by atoms with Gasteiger partial charge in [0.1, 0.15) is 13.2 Å². The second-order valence-electron chi connectivity index (χ2n) is 13.5. The predicted octanol–water partition coefficient (Wildman–Crippen LogP) is 9.53. The van der Waals surface area contributed by atoms with Crippen LogP contribution in [-0.4, -0.2) is 67.8 Å². The zero-order valence-corrected chi connectivity index (χ0v) is 29.9. The molecule has 2 heterocycles. The molecule has 7 nitrogen and oxygen atoms in total. The van der Waals surface area contributed by atoms with Gasteiger partial charge >= 0.3 is 11.9 Å². The summed E-state index contributed by atoms with van der Waals surface area (Å²) in [7, 11) is 0. The second kappa shape index (κ2) is 27.9. The standard InChI is InChI=1S/C39H69N3O4/c1-3-5-7-9-11-13-15-17-19-21-38(43)45-33-31-41(35-36-25-29-42(30-26-36)37-23-27-40-28-24-37)32-34-46-39(44)22-20-18-16-14-12-10-8-6-4-2/h23-24,27-28,36H,3-22,25-26,29-35H2,1-2H3. The number of piperidine rings is 1. The van der Waals surface area contributed by atoms with Gasteiger partial charge in [-0.15, -0.1) is 0 Å². The maximum absolute atomic E-state index is 12.4. The van der Waals surface area contributed by atoms with Crippen LogP contribution in [0, 0.1) is 5.92 Å². The van der Waals surface area contributed by atoms with Gasteiger partial charge in [0, 0.05) is 63.6 Å². The highest BCUT2D eigenvalue weighted by molar-refractivity contribution is 5.69. The largest absolute Gasteiger partial charge is 0.464 e. The lowest BCUT2D eigenvalue weighted by molar-refractivity contribution is -0.144. The van der Waals surface area contributed by atoms with Crippen molar-refractivity contribution in [3.8, 4) is 0 Å². The van der Waals surface area contributed by atoms with E-state index in [-0.39, 0.29) is 11.9 Å². The van der Waals surface area contributed by atoms with Gasteiger partial charge in [0.25, 0.3) is 0 Å². The molecule has 0 N–H and O–H groups in total. The first-order valence-electron chi connectivity index (χ1n) is 19.3. The third kappa shape index (κ3) is 20.9. The van der Waals surface area contributed by atoms with Gasteiger partial charge in [0.15, 0.2) is 0 Å². The number of ether oxygens (including phenoxy) is 2. The highest BCUT2D eigenvalue weighted by atomic mass is 16.5. The summed E-state index contributed by atoms with van der Waals surface area (Å²) in [5.41, 5.74) is 1.24. The summed E-state index contributed by atoms with van der Waals surface area (Å²) in [6.07, 6.45) is 29.3. The average molecular weight is 644 g/mol. The average Bonchev–Trinajstić information content (AvgIpc) is 3.07. The highest BCUT2D eigenvalue weighted by Crippen LogP contribution is 2.23. The predicted molar refractivity (Wildman–Crippen MR) is 191 cm³/mol. The second-order valence-corrected chi connectivity index (χ2v) is 13.5. The van der Waals surface area contributed by atoms with Crippen molar-refractivity contribution >= 4 is 17.6 Å². The first-order valence-corrected chi connectivity index (χ1v) is 19.3. The lowest BCUT2D eigenvalue weighted by Gasteiger charge is -2.36. The van der Waals surface area contributed by atoms with Gasteiger partial charge in [-0.1, -0.05) is 117 Å². The Kier molecular flexibility index (Phi) is 24.3. The van der Waals surface area contributed by atoms with E-state index in [0.717, 1.165) is 58.2 Å². The summed E-state index contributed by atoms with van der Waals surface area (Å²) in [6, 6.07) is 4.16. The van der Waals surface area contributed by atoms with Crippen molar-refractivity contribution in [1.29, 1.82) is 0 Å². The Bertz CT molecular complexity index is 820. The van der Waals surface area contributed by atoms with Crippen LogP contribution in [-0.2, 0) is 19.1 Å². The Hall–Kier alpha value is -2.15. The number of carbonyl (C=O) groups is 2. The van der Waals surface area contributed by atoms with Gasteiger partial charge in [-0.25, -0.2) is 0 Å². The van der Waals surface area contributed by atoms with Crippen LogP contribution in [0.2, 0.25) is 0 Å². The Morgan fingerprint density at radius 2 is 1.09 bits per heavy atom. The Labute approximate surface area is 282 Å². The van der Waals surface area contributed by atoms with Gasteiger partial charge in [-0.05, 0) is 43.7 Å². The van der Waals surface area contributed by atoms with Gasteiger partial charge in [0.05, 0.1) is 0 Å². The molecule has 0 saturated carbocycles. The van der Waals surface area contributed by atoms with Gasteiger partial charge in [0.2, 0.25) is 0 Å². The minimum atomic E-state index is -0.0825. The summed E-state index contributed by atoms with van der Waals surface area (Å²) in [6.45, 7) is 9.68. The Morgan fingerprint density at radius 1 is 0.674 bits per heavy atom. The topological polar surface area (TPSA) is 72.0 Å². The summed E-state index contributed by atoms with van der Waals surface area (Å²) < 4.78 is 11.3. The monoisotopic (exact) mass is 644 g/mol. The van der Waals surface area contributed by atoms with Gasteiger partial charge < -0.3 is 14.4 Å². The molecule has 1 aromatic heterocycles. The maximum Gasteiger partial charge on any atom is 0.305 e. The van der Waals surface area contributed by atoms with E-state index in [0.29, 0.717) is 45.1 Å². The first kappa shape index (κ1) is 40.0. The lowest BCUT2D eigenvalue weighted by Crippen LogP contribution is -2.41. The normalized spacial score (nSPS) is 13.8. The third-order valence-corrected chi connectivity index (χ3v) is 9.47.